The van der Waals surface area contributed by atoms with Crippen molar-refractivity contribution in [2.45, 2.75) is 65.4 Å². The molecule has 1 aliphatic carbocycles. The molecule has 2 atom stereocenters. The van der Waals surface area contributed by atoms with Gasteiger partial charge in [0, 0.05) is 11.5 Å². The van der Waals surface area contributed by atoms with Crippen molar-refractivity contribution in [1.82, 2.24) is 0 Å². The molecule has 0 aromatic rings. The number of fused-ring (bicyclic) bond motifs is 1. The molecule has 120 valence electrons. The van der Waals surface area contributed by atoms with Gasteiger partial charge in [0.15, 0.2) is 0 Å². The molecule has 1 aliphatic heterocycles. The largest absolute Gasteiger partial charge is 0.454 e. The number of allylic oxidation sites excluding steroid dienone is 5. The van der Waals surface area contributed by atoms with E-state index in [0.717, 1.165) is 38.5 Å². The first-order valence-electron chi connectivity index (χ1n) is 8.35. The molecule has 22 heavy (non-hydrogen) atoms. The average molecular weight is 300 g/mol. The highest BCUT2D eigenvalue weighted by molar-refractivity contribution is 5.91. The number of rotatable bonds is 0. The van der Waals surface area contributed by atoms with E-state index in [1.165, 1.54) is 16.7 Å². The highest BCUT2D eigenvalue weighted by Gasteiger charge is 2.36. The minimum atomic E-state index is -0.222. The fourth-order valence-corrected chi connectivity index (χ4v) is 3.16. The molecule has 2 nitrogen and oxygen atoms in total. The van der Waals surface area contributed by atoms with Gasteiger partial charge in [0.1, 0.15) is 6.10 Å². The Balaban J connectivity index is 2.19. The second-order valence-electron chi connectivity index (χ2n) is 6.73. The topological polar surface area (TPSA) is 26.3 Å². The molecule has 2 rings (SSSR count). The van der Waals surface area contributed by atoms with E-state index in [1.54, 1.807) is 0 Å². The molecular weight excluding hydrogens is 272 g/mol. The van der Waals surface area contributed by atoms with Crippen molar-refractivity contribution >= 4 is 5.97 Å². The number of ether oxygens (including phenoxy) is 1. The maximum absolute atomic E-state index is 11.8. The summed E-state index contributed by atoms with van der Waals surface area (Å²) < 4.78 is 5.51. The van der Waals surface area contributed by atoms with Crippen molar-refractivity contribution in [2.24, 2.45) is 5.92 Å². The molecule has 2 heteroatoms. The maximum Gasteiger partial charge on any atom is 0.334 e. The van der Waals surface area contributed by atoms with Gasteiger partial charge in [-0.3, -0.25) is 0 Å². The van der Waals surface area contributed by atoms with Crippen LogP contribution in [0.25, 0.3) is 0 Å². The van der Waals surface area contributed by atoms with Crippen LogP contribution in [0, 0.1) is 5.92 Å². The van der Waals surface area contributed by atoms with Crippen LogP contribution in [0.15, 0.2) is 47.1 Å². The number of carbonyl (C=O) groups is 1. The van der Waals surface area contributed by atoms with Crippen LogP contribution in [-0.4, -0.2) is 12.1 Å². The van der Waals surface area contributed by atoms with Crippen LogP contribution < -0.4 is 0 Å². The third-order valence-electron chi connectivity index (χ3n) is 4.71. The summed E-state index contributed by atoms with van der Waals surface area (Å²) in [4.78, 5) is 11.8. The van der Waals surface area contributed by atoms with Crippen molar-refractivity contribution in [1.29, 1.82) is 0 Å². The second kappa shape index (κ2) is 7.62. The van der Waals surface area contributed by atoms with E-state index in [4.69, 9.17) is 4.74 Å². The predicted octanol–water partition coefficient (Wildman–Crippen LogP) is 5.28. The molecule has 0 bridgehead atoms. The monoisotopic (exact) mass is 300 g/mol. The normalized spacial score (nSPS) is 35.1. The fraction of sp³-hybridized carbons (Fsp3) is 0.550. The number of hydrogen-bond acceptors (Lipinski definition) is 2. The molecular formula is C20H28O2. The van der Waals surface area contributed by atoms with Crippen LogP contribution in [0.1, 0.15) is 59.3 Å². The third kappa shape index (κ3) is 4.46. The van der Waals surface area contributed by atoms with Crippen molar-refractivity contribution in [3.05, 3.63) is 47.1 Å². The summed E-state index contributed by atoms with van der Waals surface area (Å²) in [6.45, 7) is 10.5. The van der Waals surface area contributed by atoms with Gasteiger partial charge >= 0.3 is 5.97 Å². The van der Waals surface area contributed by atoms with E-state index in [9.17, 15) is 4.79 Å². The van der Waals surface area contributed by atoms with Crippen molar-refractivity contribution in [3.8, 4) is 0 Å². The van der Waals surface area contributed by atoms with Gasteiger partial charge in [-0.2, -0.15) is 0 Å². The Morgan fingerprint density at radius 1 is 1.00 bits per heavy atom. The summed E-state index contributed by atoms with van der Waals surface area (Å²) in [6.07, 6.45) is 13.0. The number of carbonyl (C=O) groups excluding carboxylic acids is 1. The highest BCUT2D eigenvalue weighted by atomic mass is 16.5. The van der Waals surface area contributed by atoms with Crippen molar-refractivity contribution < 1.29 is 9.53 Å². The number of esters is 1. The first-order valence-corrected chi connectivity index (χ1v) is 8.35. The first kappa shape index (κ1) is 16.8. The van der Waals surface area contributed by atoms with Crippen molar-refractivity contribution in [2.75, 3.05) is 0 Å². The van der Waals surface area contributed by atoms with E-state index >= 15 is 0 Å². The van der Waals surface area contributed by atoms with Crippen LogP contribution in [0.4, 0.5) is 0 Å². The Morgan fingerprint density at radius 2 is 1.59 bits per heavy atom. The standard InChI is InChI=1S/C20H28O2/c1-14-7-5-9-15(2)11-12-18-17(4)20(21)22-19(18)13-16(3)10-6-8-14/h8-9,13,18-19H,4-7,10-12H2,1-3H3/b14-8+,15-9+,16-13+/t18?,19-/m1/s1. The molecule has 1 heterocycles. The van der Waals surface area contributed by atoms with Gasteiger partial charge in [-0.25, -0.2) is 4.79 Å². The number of hydrogen-bond donors (Lipinski definition) is 0. The lowest BCUT2D eigenvalue weighted by molar-refractivity contribution is -0.137. The molecule has 0 spiro atoms. The molecule has 0 aromatic carbocycles. The first-order chi connectivity index (χ1) is 10.5. The summed E-state index contributed by atoms with van der Waals surface area (Å²) in [7, 11) is 0. The van der Waals surface area contributed by atoms with Gasteiger partial charge in [-0.05, 0) is 65.4 Å². The van der Waals surface area contributed by atoms with Gasteiger partial charge in [0.05, 0.1) is 0 Å². The predicted molar refractivity (Wildman–Crippen MR) is 91.5 cm³/mol. The Labute approximate surface area is 134 Å². The molecule has 0 radical (unpaired) electrons. The Hall–Kier alpha value is -1.57. The molecule has 0 N–H and O–H groups in total. The zero-order valence-corrected chi connectivity index (χ0v) is 14.2. The average Bonchev–Trinajstić information content (AvgIpc) is 2.71. The summed E-state index contributed by atoms with van der Waals surface area (Å²) in [5.74, 6) is -0.0910. The van der Waals surface area contributed by atoms with Crippen molar-refractivity contribution in [3.63, 3.8) is 0 Å². The second-order valence-corrected chi connectivity index (χ2v) is 6.73. The zero-order valence-electron chi connectivity index (χ0n) is 14.2. The van der Waals surface area contributed by atoms with Crippen LogP contribution in [-0.2, 0) is 9.53 Å². The summed E-state index contributed by atoms with van der Waals surface area (Å²) in [5.41, 5.74) is 4.81. The lowest BCUT2D eigenvalue weighted by Crippen LogP contribution is -2.14. The van der Waals surface area contributed by atoms with Crippen LogP contribution >= 0.6 is 0 Å². The summed E-state index contributed by atoms with van der Waals surface area (Å²) >= 11 is 0. The lowest BCUT2D eigenvalue weighted by Gasteiger charge is -2.16. The zero-order chi connectivity index (χ0) is 16.1. The van der Waals surface area contributed by atoms with Gasteiger partial charge in [0.25, 0.3) is 0 Å². The van der Waals surface area contributed by atoms with Crippen LogP contribution in [0.3, 0.4) is 0 Å². The smallest absolute Gasteiger partial charge is 0.334 e. The van der Waals surface area contributed by atoms with E-state index in [0.29, 0.717) is 5.57 Å². The minimum Gasteiger partial charge on any atom is -0.454 e. The molecule has 0 saturated carbocycles. The minimum absolute atomic E-state index is 0.124. The molecule has 1 saturated heterocycles. The summed E-state index contributed by atoms with van der Waals surface area (Å²) in [6, 6.07) is 0. The molecule has 1 fully saturated rings. The highest BCUT2D eigenvalue weighted by Crippen LogP contribution is 2.33. The summed E-state index contributed by atoms with van der Waals surface area (Å²) in [5, 5.41) is 0. The van der Waals surface area contributed by atoms with Gasteiger partial charge < -0.3 is 4.74 Å². The van der Waals surface area contributed by atoms with Gasteiger partial charge in [-0.1, -0.05) is 35.5 Å². The lowest BCUT2D eigenvalue weighted by atomic mass is 9.89. The fourth-order valence-electron chi connectivity index (χ4n) is 3.16. The molecule has 0 amide bonds. The Bertz CT molecular complexity index is 534. The van der Waals surface area contributed by atoms with E-state index in [1.807, 2.05) is 0 Å². The molecule has 1 unspecified atom stereocenters. The van der Waals surface area contributed by atoms with E-state index in [-0.39, 0.29) is 18.0 Å². The molecule has 0 aromatic heterocycles. The van der Waals surface area contributed by atoms with Gasteiger partial charge in [-0.15, -0.1) is 0 Å². The van der Waals surface area contributed by atoms with E-state index in [2.05, 4.69) is 45.6 Å². The Kier molecular flexibility index (Phi) is 5.82. The maximum atomic E-state index is 11.8. The third-order valence-corrected chi connectivity index (χ3v) is 4.71. The molecule has 2 aliphatic rings. The van der Waals surface area contributed by atoms with Gasteiger partial charge in [0.2, 0.25) is 0 Å². The Morgan fingerprint density at radius 3 is 2.27 bits per heavy atom. The quantitative estimate of drug-likeness (QED) is 0.346. The van der Waals surface area contributed by atoms with E-state index < -0.39 is 0 Å². The van der Waals surface area contributed by atoms with Crippen LogP contribution in [0.2, 0.25) is 0 Å². The van der Waals surface area contributed by atoms with Crippen LogP contribution in [0.5, 0.6) is 0 Å². The SMILES string of the molecule is C=C1C(=O)O[C@@H]2/C=C(\C)CC/C=C(\C)CC/C=C(\C)CCC12.